The molecule has 1 unspecified atom stereocenters. The van der Waals surface area contributed by atoms with E-state index in [1.54, 1.807) is 6.07 Å². The summed E-state index contributed by atoms with van der Waals surface area (Å²) in [5.74, 6) is -0.314. The van der Waals surface area contributed by atoms with Crippen molar-refractivity contribution in [3.63, 3.8) is 0 Å². The third kappa shape index (κ3) is 4.77. The van der Waals surface area contributed by atoms with E-state index >= 15 is 0 Å². The predicted octanol–water partition coefficient (Wildman–Crippen LogP) is 2.63. The standard InChI is InChI=1S/C22H29N3O3S2/c1-17-8-9-21(29-17)30(27,28)25-12-4-7-20(16-25)22(26)23-11-14-24-13-10-18-5-2-3-6-19(18)15-24/h2-3,5-6,8-9,20H,4,7,10-16H2,1H3,(H,23,26). The average Bonchev–Trinajstić information content (AvgIpc) is 3.21. The molecule has 3 heterocycles. The van der Waals surface area contributed by atoms with Gasteiger partial charge >= 0.3 is 0 Å². The zero-order chi connectivity index (χ0) is 21.1. The Labute approximate surface area is 182 Å². The predicted molar refractivity (Wildman–Crippen MR) is 119 cm³/mol. The number of aryl methyl sites for hydroxylation is 1. The molecule has 162 valence electrons. The number of sulfonamides is 1. The number of piperidine rings is 1. The van der Waals surface area contributed by atoms with Gasteiger partial charge in [-0.2, -0.15) is 4.31 Å². The monoisotopic (exact) mass is 447 g/mol. The zero-order valence-corrected chi connectivity index (χ0v) is 19.0. The quantitative estimate of drug-likeness (QED) is 0.739. The van der Waals surface area contributed by atoms with Crippen LogP contribution < -0.4 is 5.32 Å². The fourth-order valence-corrected chi connectivity index (χ4v) is 7.24. The molecule has 0 spiro atoms. The second kappa shape index (κ2) is 9.18. The van der Waals surface area contributed by atoms with Gasteiger partial charge in [-0.3, -0.25) is 9.69 Å². The van der Waals surface area contributed by atoms with Crippen LogP contribution in [-0.4, -0.2) is 56.3 Å². The first-order valence-electron chi connectivity index (χ1n) is 10.6. The first kappa shape index (κ1) is 21.5. The number of carbonyl (C=O) groups excluding carboxylic acids is 1. The van der Waals surface area contributed by atoms with Gasteiger partial charge in [0.1, 0.15) is 4.21 Å². The molecule has 1 atom stereocenters. The van der Waals surface area contributed by atoms with Crippen molar-refractivity contribution in [1.82, 2.24) is 14.5 Å². The molecule has 2 aliphatic heterocycles. The minimum Gasteiger partial charge on any atom is -0.355 e. The van der Waals surface area contributed by atoms with E-state index in [1.807, 2.05) is 13.0 Å². The minimum absolute atomic E-state index is 0.0327. The second-order valence-electron chi connectivity index (χ2n) is 8.15. The van der Waals surface area contributed by atoms with Crippen LogP contribution in [0.5, 0.6) is 0 Å². The van der Waals surface area contributed by atoms with Crippen LogP contribution in [-0.2, 0) is 27.8 Å². The maximum Gasteiger partial charge on any atom is 0.252 e. The Morgan fingerprint density at radius 1 is 1.17 bits per heavy atom. The van der Waals surface area contributed by atoms with E-state index in [0.29, 0.717) is 23.7 Å². The summed E-state index contributed by atoms with van der Waals surface area (Å²) in [5.41, 5.74) is 2.79. The smallest absolute Gasteiger partial charge is 0.252 e. The van der Waals surface area contributed by atoms with Crippen molar-refractivity contribution in [2.75, 3.05) is 32.7 Å². The van der Waals surface area contributed by atoms with Gasteiger partial charge in [0.2, 0.25) is 5.91 Å². The van der Waals surface area contributed by atoms with E-state index in [-0.39, 0.29) is 18.4 Å². The van der Waals surface area contributed by atoms with Crippen molar-refractivity contribution in [2.24, 2.45) is 5.92 Å². The number of amides is 1. The highest BCUT2D eigenvalue weighted by atomic mass is 32.2. The van der Waals surface area contributed by atoms with Gasteiger partial charge < -0.3 is 5.32 Å². The minimum atomic E-state index is -3.51. The van der Waals surface area contributed by atoms with Gasteiger partial charge in [0, 0.05) is 44.1 Å². The summed E-state index contributed by atoms with van der Waals surface area (Å²) in [5, 5.41) is 3.04. The molecule has 4 rings (SSSR count). The highest BCUT2D eigenvalue weighted by Crippen LogP contribution is 2.28. The van der Waals surface area contributed by atoms with Crippen LogP contribution in [0.2, 0.25) is 0 Å². The lowest BCUT2D eigenvalue weighted by Crippen LogP contribution is -2.46. The van der Waals surface area contributed by atoms with Gasteiger partial charge in [0.05, 0.1) is 5.92 Å². The molecule has 1 fully saturated rings. The Morgan fingerprint density at radius 2 is 1.97 bits per heavy atom. The molecular formula is C22H29N3O3S2. The van der Waals surface area contributed by atoms with E-state index in [4.69, 9.17) is 0 Å². The lowest BCUT2D eigenvalue weighted by Gasteiger charge is -2.31. The summed E-state index contributed by atoms with van der Waals surface area (Å²) in [6.45, 7) is 5.97. The number of fused-ring (bicyclic) bond motifs is 1. The van der Waals surface area contributed by atoms with Crippen molar-refractivity contribution >= 4 is 27.3 Å². The van der Waals surface area contributed by atoms with Crippen LogP contribution in [0.4, 0.5) is 0 Å². The Balaban J connectivity index is 1.28. The van der Waals surface area contributed by atoms with Gasteiger partial charge in [-0.1, -0.05) is 24.3 Å². The summed E-state index contributed by atoms with van der Waals surface area (Å²) in [6.07, 6.45) is 2.49. The van der Waals surface area contributed by atoms with E-state index < -0.39 is 10.0 Å². The topological polar surface area (TPSA) is 69.7 Å². The first-order chi connectivity index (χ1) is 14.4. The third-order valence-corrected chi connectivity index (χ3v) is 9.33. The lowest BCUT2D eigenvalue weighted by atomic mass is 9.98. The number of nitrogens with zero attached hydrogens (tertiary/aromatic N) is 2. The zero-order valence-electron chi connectivity index (χ0n) is 17.3. The molecule has 1 saturated heterocycles. The first-order valence-corrected chi connectivity index (χ1v) is 12.8. The summed E-state index contributed by atoms with van der Waals surface area (Å²) < 4.78 is 27.6. The van der Waals surface area contributed by atoms with Crippen LogP contribution >= 0.6 is 11.3 Å². The van der Waals surface area contributed by atoms with Crippen molar-refractivity contribution in [2.45, 2.75) is 36.9 Å². The summed E-state index contributed by atoms with van der Waals surface area (Å²) >= 11 is 1.29. The maximum atomic E-state index is 12.9. The van der Waals surface area contributed by atoms with E-state index in [2.05, 4.69) is 34.5 Å². The number of benzene rings is 1. The highest BCUT2D eigenvalue weighted by molar-refractivity contribution is 7.91. The van der Waals surface area contributed by atoms with Crippen LogP contribution in [0, 0.1) is 12.8 Å². The molecule has 2 aliphatic rings. The lowest BCUT2D eigenvalue weighted by molar-refractivity contribution is -0.126. The Morgan fingerprint density at radius 3 is 2.73 bits per heavy atom. The Kier molecular flexibility index (Phi) is 6.57. The largest absolute Gasteiger partial charge is 0.355 e. The molecule has 1 aromatic heterocycles. The fourth-order valence-electron chi connectivity index (χ4n) is 4.28. The van der Waals surface area contributed by atoms with Gasteiger partial charge in [0.25, 0.3) is 10.0 Å². The normalized spacial score (nSPS) is 20.6. The molecule has 1 amide bonds. The Bertz CT molecular complexity index is 1000. The van der Waals surface area contributed by atoms with Gasteiger partial charge in [-0.25, -0.2) is 8.42 Å². The molecule has 2 aromatic rings. The molecule has 8 heteroatoms. The van der Waals surface area contributed by atoms with Crippen LogP contribution in [0.1, 0.15) is 28.8 Å². The van der Waals surface area contributed by atoms with Gasteiger partial charge in [0.15, 0.2) is 0 Å². The summed E-state index contributed by atoms with van der Waals surface area (Å²) in [7, 11) is -3.51. The van der Waals surface area contributed by atoms with Crippen molar-refractivity contribution < 1.29 is 13.2 Å². The number of nitrogens with one attached hydrogen (secondary N) is 1. The SMILES string of the molecule is Cc1ccc(S(=O)(=O)N2CCCC(C(=O)NCCN3CCc4ccccc4C3)C2)s1. The Hall–Kier alpha value is -1.74. The molecule has 30 heavy (non-hydrogen) atoms. The molecule has 0 radical (unpaired) electrons. The van der Waals surface area contributed by atoms with E-state index in [0.717, 1.165) is 37.4 Å². The van der Waals surface area contributed by atoms with E-state index in [9.17, 15) is 13.2 Å². The molecule has 0 saturated carbocycles. The van der Waals surface area contributed by atoms with Crippen molar-refractivity contribution in [1.29, 1.82) is 0 Å². The van der Waals surface area contributed by atoms with E-state index in [1.165, 1.54) is 26.8 Å². The number of hydrogen-bond donors (Lipinski definition) is 1. The van der Waals surface area contributed by atoms with Crippen molar-refractivity contribution in [3.8, 4) is 0 Å². The summed E-state index contributed by atoms with van der Waals surface area (Å²) in [4.78, 5) is 16.0. The average molecular weight is 448 g/mol. The van der Waals surface area contributed by atoms with Crippen molar-refractivity contribution in [3.05, 3.63) is 52.4 Å². The molecule has 1 aromatic carbocycles. The van der Waals surface area contributed by atoms with Crippen LogP contribution in [0.3, 0.4) is 0 Å². The fraction of sp³-hybridized carbons (Fsp3) is 0.500. The molecule has 0 aliphatic carbocycles. The number of carbonyl (C=O) groups is 1. The number of thiophene rings is 1. The molecular weight excluding hydrogens is 418 g/mol. The summed E-state index contributed by atoms with van der Waals surface area (Å²) in [6, 6.07) is 12.0. The number of rotatable bonds is 6. The molecule has 0 bridgehead atoms. The number of hydrogen-bond acceptors (Lipinski definition) is 5. The maximum absolute atomic E-state index is 12.9. The van der Waals surface area contributed by atoms with Gasteiger partial charge in [-0.15, -0.1) is 11.3 Å². The van der Waals surface area contributed by atoms with Crippen LogP contribution in [0.15, 0.2) is 40.6 Å². The van der Waals surface area contributed by atoms with Crippen LogP contribution in [0.25, 0.3) is 0 Å². The highest BCUT2D eigenvalue weighted by Gasteiger charge is 2.34. The second-order valence-corrected chi connectivity index (χ2v) is 11.6. The molecule has 6 nitrogen and oxygen atoms in total. The third-order valence-electron chi connectivity index (χ3n) is 6.00. The van der Waals surface area contributed by atoms with Gasteiger partial charge in [-0.05, 0) is 49.4 Å². The molecule has 1 N–H and O–H groups in total.